The lowest BCUT2D eigenvalue weighted by molar-refractivity contribution is 0.172. The third kappa shape index (κ3) is 5.86. The molecule has 38 heavy (non-hydrogen) atoms. The summed E-state index contributed by atoms with van der Waals surface area (Å²) in [6.45, 7) is 5.72. The average molecular weight is 511 g/mol. The summed E-state index contributed by atoms with van der Waals surface area (Å²) in [7, 11) is 0. The molecule has 5 rings (SSSR count). The molecule has 0 aliphatic rings. The largest absolute Gasteiger partial charge is 0.322 e. The maximum absolute atomic E-state index is 13.4. The number of tetrazole rings is 1. The van der Waals surface area contributed by atoms with Crippen molar-refractivity contribution in [1.29, 1.82) is 0 Å². The molecule has 1 N–H and O–H groups in total. The number of nitrogens with one attached hydrogen (secondary N) is 1. The number of aromatic amines is 1. The second-order valence-electron chi connectivity index (χ2n) is 9.67. The van der Waals surface area contributed by atoms with Gasteiger partial charge in [0.2, 0.25) is 0 Å². The Hall–Kier alpha value is -4.17. The molecular formula is C30H31FN6O. The molecule has 0 aliphatic heterocycles. The number of pyridine rings is 1. The van der Waals surface area contributed by atoms with E-state index in [0.29, 0.717) is 18.7 Å². The first-order chi connectivity index (χ1) is 18.5. The predicted octanol–water partition coefficient (Wildman–Crippen LogP) is 5.21. The van der Waals surface area contributed by atoms with Crippen LogP contribution in [0.25, 0.3) is 10.9 Å². The molecular weight excluding hydrogens is 479 g/mol. The Bertz CT molecular complexity index is 1560. The average Bonchev–Trinajstić information content (AvgIpc) is 3.37. The van der Waals surface area contributed by atoms with Crippen LogP contribution < -0.4 is 5.56 Å². The zero-order valence-electron chi connectivity index (χ0n) is 21.6. The van der Waals surface area contributed by atoms with E-state index in [0.717, 1.165) is 47.2 Å². The van der Waals surface area contributed by atoms with Gasteiger partial charge in [0, 0.05) is 24.2 Å². The van der Waals surface area contributed by atoms with Gasteiger partial charge in [-0.15, -0.1) is 5.10 Å². The SMILES string of the molecule is CC[C@H](c1nnnn1Cc1ccc(F)cc1)N(CCc1ccccc1)Cc1cc2ccc(C)cc2[nH]c1=O. The minimum Gasteiger partial charge on any atom is -0.322 e. The van der Waals surface area contributed by atoms with Crippen molar-refractivity contribution in [2.75, 3.05) is 6.54 Å². The van der Waals surface area contributed by atoms with Crippen molar-refractivity contribution < 1.29 is 4.39 Å². The van der Waals surface area contributed by atoms with Crippen LogP contribution in [0.15, 0.2) is 83.7 Å². The van der Waals surface area contributed by atoms with E-state index in [9.17, 15) is 9.18 Å². The standard InChI is InChI=1S/C30H31FN6O/c1-3-28(29-33-34-35-37(29)19-23-10-13-26(31)14-11-23)36(16-15-22-7-5-4-6-8-22)20-25-18-24-12-9-21(2)17-27(24)32-30(25)38/h4-14,17-18,28H,3,15-16,19-20H2,1-2H3,(H,32,38)/t28-/m1/s1. The summed E-state index contributed by atoms with van der Waals surface area (Å²) >= 11 is 0. The normalized spacial score (nSPS) is 12.3. The topological polar surface area (TPSA) is 79.7 Å². The zero-order chi connectivity index (χ0) is 26.5. The second-order valence-corrected chi connectivity index (χ2v) is 9.67. The molecule has 5 aromatic rings. The van der Waals surface area contributed by atoms with Gasteiger partial charge in [0.25, 0.3) is 5.56 Å². The van der Waals surface area contributed by atoms with E-state index in [2.05, 4.69) is 50.5 Å². The number of H-pyrrole nitrogens is 1. The fraction of sp³-hybridized carbons (Fsp3) is 0.267. The summed E-state index contributed by atoms with van der Waals surface area (Å²) in [4.78, 5) is 18.5. The van der Waals surface area contributed by atoms with Gasteiger partial charge in [0.1, 0.15) is 5.82 Å². The summed E-state index contributed by atoms with van der Waals surface area (Å²) in [5.74, 6) is 0.442. The van der Waals surface area contributed by atoms with Gasteiger partial charge in [-0.05, 0) is 76.5 Å². The molecule has 1 atom stereocenters. The van der Waals surface area contributed by atoms with E-state index in [1.54, 1.807) is 16.8 Å². The smallest absolute Gasteiger partial charge is 0.252 e. The molecule has 0 spiro atoms. The van der Waals surface area contributed by atoms with E-state index in [1.165, 1.54) is 17.7 Å². The van der Waals surface area contributed by atoms with Gasteiger partial charge < -0.3 is 4.98 Å². The lowest BCUT2D eigenvalue weighted by atomic mass is 10.1. The molecule has 0 radical (unpaired) electrons. The summed E-state index contributed by atoms with van der Waals surface area (Å²) in [5, 5.41) is 13.6. The number of benzene rings is 3. The Labute approximate surface area is 220 Å². The lowest BCUT2D eigenvalue weighted by Crippen LogP contribution is -2.34. The number of rotatable bonds is 10. The fourth-order valence-electron chi connectivity index (χ4n) is 4.89. The summed E-state index contributed by atoms with van der Waals surface area (Å²) < 4.78 is 15.2. The number of halogens is 1. The van der Waals surface area contributed by atoms with Gasteiger partial charge in [-0.1, -0.05) is 61.5 Å². The monoisotopic (exact) mass is 510 g/mol. The maximum Gasteiger partial charge on any atom is 0.252 e. The highest BCUT2D eigenvalue weighted by atomic mass is 19.1. The van der Waals surface area contributed by atoms with Crippen molar-refractivity contribution in [2.24, 2.45) is 0 Å². The number of aromatic nitrogens is 5. The fourth-order valence-corrected chi connectivity index (χ4v) is 4.89. The van der Waals surface area contributed by atoms with Gasteiger partial charge in [0.15, 0.2) is 5.82 Å². The Kier molecular flexibility index (Phi) is 7.70. The molecule has 2 heterocycles. The number of nitrogens with zero attached hydrogens (tertiary/aromatic N) is 5. The molecule has 8 heteroatoms. The van der Waals surface area contributed by atoms with Gasteiger partial charge >= 0.3 is 0 Å². The van der Waals surface area contributed by atoms with Crippen molar-refractivity contribution in [2.45, 2.75) is 45.8 Å². The minimum absolute atomic E-state index is 0.0893. The van der Waals surface area contributed by atoms with E-state index >= 15 is 0 Å². The van der Waals surface area contributed by atoms with E-state index in [1.807, 2.05) is 43.3 Å². The minimum atomic E-state index is -0.278. The van der Waals surface area contributed by atoms with Crippen molar-refractivity contribution in [3.8, 4) is 0 Å². The van der Waals surface area contributed by atoms with Crippen LogP contribution in [0.4, 0.5) is 4.39 Å². The van der Waals surface area contributed by atoms with Crippen LogP contribution in [-0.4, -0.2) is 36.6 Å². The van der Waals surface area contributed by atoms with Crippen molar-refractivity contribution in [3.05, 3.63) is 123 Å². The number of aryl methyl sites for hydroxylation is 1. The summed E-state index contributed by atoms with van der Waals surface area (Å²) in [6.07, 6.45) is 1.57. The van der Waals surface area contributed by atoms with Crippen LogP contribution in [0.2, 0.25) is 0 Å². The molecule has 0 saturated heterocycles. The molecule has 7 nitrogen and oxygen atoms in total. The second kappa shape index (κ2) is 11.5. The highest BCUT2D eigenvalue weighted by Gasteiger charge is 2.26. The Morgan fingerprint density at radius 1 is 1.00 bits per heavy atom. The third-order valence-electron chi connectivity index (χ3n) is 6.91. The third-order valence-corrected chi connectivity index (χ3v) is 6.91. The van der Waals surface area contributed by atoms with Crippen molar-refractivity contribution in [1.82, 2.24) is 30.1 Å². The highest BCUT2D eigenvalue weighted by molar-refractivity contribution is 5.79. The molecule has 0 bridgehead atoms. The molecule has 0 amide bonds. The molecule has 194 valence electrons. The Morgan fingerprint density at radius 3 is 2.55 bits per heavy atom. The summed E-state index contributed by atoms with van der Waals surface area (Å²) in [5.41, 5.74) is 4.68. The summed E-state index contributed by atoms with van der Waals surface area (Å²) in [6, 6.07) is 24.6. The van der Waals surface area contributed by atoms with Crippen LogP contribution in [0.1, 0.15) is 47.5 Å². The van der Waals surface area contributed by atoms with Crippen LogP contribution in [-0.2, 0) is 19.5 Å². The van der Waals surface area contributed by atoms with Gasteiger partial charge in [-0.2, -0.15) is 0 Å². The van der Waals surface area contributed by atoms with E-state index in [4.69, 9.17) is 0 Å². The van der Waals surface area contributed by atoms with Crippen LogP contribution in [0, 0.1) is 12.7 Å². The Morgan fingerprint density at radius 2 is 1.79 bits per heavy atom. The Balaban J connectivity index is 1.47. The van der Waals surface area contributed by atoms with Crippen molar-refractivity contribution in [3.63, 3.8) is 0 Å². The quantitative estimate of drug-likeness (QED) is 0.279. The van der Waals surface area contributed by atoms with Crippen LogP contribution >= 0.6 is 0 Å². The molecule has 2 aromatic heterocycles. The molecule has 0 saturated carbocycles. The van der Waals surface area contributed by atoms with E-state index < -0.39 is 0 Å². The van der Waals surface area contributed by atoms with Gasteiger partial charge in [-0.3, -0.25) is 9.69 Å². The molecule has 0 fully saturated rings. The number of hydrogen-bond donors (Lipinski definition) is 1. The lowest BCUT2D eigenvalue weighted by Gasteiger charge is -2.30. The molecule has 0 unspecified atom stereocenters. The highest BCUT2D eigenvalue weighted by Crippen LogP contribution is 2.25. The number of fused-ring (bicyclic) bond motifs is 1. The molecule has 3 aromatic carbocycles. The van der Waals surface area contributed by atoms with Gasteiger partial charge in [0.05, 0.1) is 12.6 Å². The van der Waals surface area contributed by atoms with Gasteiger partial charge in [-0.25, -0.2) is 9.07 Å². The maximum atomic E-state index is 13.4. The zero-order valence-corrected chi connectivity index (χ0v) is 21.6. The first-order valence-electron chi connectivity index (χ1n) is 12.9. The number of hydrogen-bond acceptors (Lipinski definition) is 5. The van der Waals surface area contributed by atoms with Crippen LogP contribution in [0.5, 0.6) is 0 Å². The van der Waals surface area contributed by atoms with Crippen LogP contribution in [0.3, 0.4) is 0 Å². The first kappa shape index (κ1) is 25.5. The first-order valence-corrected chi connectivity index (χ1v) is 12.9. The van der Waals surface area contributed by atoms with E-state index in [-0.39, 0.29) is 17.4 Å². The predicted molar refractivity (Wildman–Crippen MR) is 146 cm³/mol. The molecule has 0 aliphatic carbocycles. The van der Waals surface area contributed by atoms with Crippen molar-refractivity contribution >= 4 is 10.9 Å².